The fraction of sp³-hybridized carbons (Fsp3) is 0.429. The molecule has 0 saturated heterocycles. The van der Waals surface area contributed by atoms with Crippen LogP contribution < -0.4 is 0 Å². The number of carbonyl (C=O) groups is 2. The molecule has 31 heavy (non-hydrogen) atoms. The van der Waals surface area contributed by atoms with Gasteiger partial charge < -0.3 is 12.3 Å². The molecule has 0 spiro atoms. The minimum Gasteiger partial charge on any atom is -1.00 e. The number of carbonyl (C=O) groups excluding carboxylic acids is 2. The van der Waals surface area contributed by atoms with Crippen LogP contribution in [0.4, 0.5) is 22.0 Å². The molecule has 1 atom stereocenters. The molecule has 1 rings (SSSR count). The molecule has 0 aliphatic carbocycles. The molecule has 0 aliphatic rings. The molecule has 1 aromatic rings. The van der Waals surface area contributed by atoms with E-state index in [0.29, 0.717) is 3.57 Å². The van der Waals surface area contributed by atoms with Gasteiger partial charge in [0.2, 0.25) is 0 Å². The predicted octanol–water partition coefficient (Wildman–Crippen LogP) is 4.24. The Bertz CT molecular complexity index is 938. The van der Waals surface area contributed by atoms with E-state index in [-0.39, 0.29) is 63.7 Å². The van der Waals surface area contributed by atoms with Crippen molar-refractivity contribution in [3.05, 3.63) is 28.4 Å². The van der Waals surface area contributed by atoms with Gasteiger partial charge in [0.1, 0.15) is 0 Å². The van der Waals surface area contributed by atoms with Crippen LogP contribution in [0.3, 0.4) is 0 Å². The quantitative estimate of drug-likeness (QED) is 0.0792. The Morgan fingerprint density at radius 3 is 2.16 bits per heavy atom. The average Bonchev–Trinajstić information content (AvgIpc) is 2.57. The molecule has 0 amide bonds. The van der Waals surface area contributed by atoms with E-state index >= 15 is 0 Å². The summed E-state index contributed by atoms with van der Waals surface area (Å²) in [6.07, 6.45) is -11.6. The fourth-order valence-electron chi connectivity index (χ4n) is 1.82. The van der Waals surface area contributed by atoms with Crippen molar-refractivity contribution in [1.29, 1.82) is 0 Å². The van der Waals surface area contributed by atoms with Gasteiger partial charge in [0.05, 0.1) is 12.2 Å². The maximum Gasteiger partial charge on any atom is 2.00 e. The summed E-state index contributed by atoms with van der Waals surface area (Å²) in [5.74, 6) is -2.59. The Morgan fingerprint density at radius 1 is 1.13 bits per heavy atom. The maximum absolute atomic E-state index is 13.3. The second kappa shape index (κ2) is 13.0. The van der Waals surface area contributed by atoms with Gasteiger partial charge in [-0.15, -0.1) is 0 Å². The van der Waals surface area contributed by atoms with Crippen LogP contribution in [0, 0.1) is 10.7 Å². The summed E-state index contributed by atoms with van der Waals surface area (Å²) in [5.41, 5.74) is 0.222. The third-order valence-corrected chi connectivity index (χ3v) is 7.74. The molecular weight excluding hydrogens is 925 g/mol. The van der Waals surface area contributed by atoms with E-state index in [1.807, 2.05) is 67.8 Å². The van der Waals surface area contributed by atoms with E-state index in [1.165, 1.54) is 6.07 Å². The molecule has 7 nitrogen and oxygen atoms in total. The Labute approximate surface area is 257 Å². The van der Waals surface area contributed by atoms with Gasteiger partial charge in [0.25, 0.3) is 6.10 Å². The molecule has 1 N–H and O–H groups in total. The predicted molar refractivity (Wildman–Crippen MR) is 125 cm³/mol. The summed E-state index contributed by atoms with van der Waals surface area (Å²) in [7, 11) is -6.51. The van der Waals surface area contributed by atoms with Crippen molar-refractivity contribution in [1.82, 2.24) is 0 Å². The van der Waals surface area contributed by atoms with Crippen molar-refractivity contribution < 1.29 is 56.8 Å². The minimum absolute atomic E-state index is 0. The van der Waals surface area contributed by atoms with Gasteiger partial charge in [-0.05, 0) is 86.3 Å². The number of halogens is 8. The summed E-state index contributed by atoms with van der Waals surface area (Å²) < 4.78 is 105. The molecule has 0 heterocycles. The zero-order valence-electron chi connectivity index (χ0n) is 16.9. The molecule has 0 fully saturated rings. The van der Waals surface area contributed by atoms with Gasteiger partial charge >= 0.3 is 82.4 Å². The Kier molecular flexibility index (Phi) is 13.6. The molecule has 0 radical (unpaired) electrons. The first-order valence-electron chi connectivity index (χ1n) is 7.41. The second-order valence-electron chi connectivity index (χ2n) is 5.44. The molecule has 0 bridgehead atoms. The maximum atomic E-state index is 13.3. The number of ether oxygens (including phenoxy) is 2. The largest absolute Gasteiger partial charge is 2.00 e. The summed E-state index contributed by atoms with van der Waals surface area (Å²) in [6.45, 7) is -0.447. The van der Waals surface area contributed by atoms with Crippen molar-refractivity contribution in [2.24, 2.45) is 0 Å². The molecule has 17 heteroatoms. The minimum atomic E-state index is -6.51. The number of alkyl halides is 5. The van der Waals surface area contributed by atoms with Gasteiger partial charge in [0.15, 0.2) is 0 Å². The monoisotopic (exact) mass is 938 g/mol. The number of hydrogen-bond donors (Lipinski definition) is 1. The Hall–Kier alpha value is 1.48. The van der Waals surface area contributed by atoms with Gasteiger partial charge in [-0.1, -0.05) is 0 Å². The number of esters is 2. The molecule has 1 unspecified atom stereocenters. The first-order chi connectivity index (χ1) is 13.5. The number of benzene rings is 1. The molecule has 0 aliphatic heterocycles. The van der Waals surface area contributed by atoms with Gasteiger partial charge in [-0.2, -0.15) is 30.4 Å². The summed E-state index contributed by atoms with van der Waals surface area (Å²) in [4.78, 5) is 23.5. The topological polar surface area (TPSA) is 107 Å². The van der Waals surface area contributed by atoms with Crippen LogP contribution in [0.15, 0.2) is 12.1 Å². The molecule has 0 saturated carbocycles. The standard InChI is InChI=1S/C14H10F5I3O7S.Ba.2H/c15-13(16,17)12(14(18,19)30(25,26)27)29-9(23)2-1-3-28-11(24)7-4-6(20)5-8(21)10(7)22;;;/h4-5,12H,1-3H2,(H,25,26,27);;;/q;+2;2*-1. The third kappa shape index (κ3) is 9.57. The van der Waals surface area contributed by atoms with Crippen molar-refractivity contribution in [2.45, 2.75) is 30.4 Å². The first kappa shape index (κ1) is 32.5. The van der Waals surface area contributed by atoms with Crippen LogP contribution in [0.25, 0.3) is 0 Å². The molecular formula is C14H12BaF5I3O7S. The normalized spacial score (nSPS) is 13.2. The first-order valence-corrected chi connectivity index (χ1v) is 12.1. The van der Waals surface area contributed by atoms with Crippen molar-refractivity contribution >= 4 is 139 Å². The van der Waals surface area contributed by atoms with Crippen molar-refractivity contribution in [3.8, 4) is 0 Å². The molecule has 174 valence electrons. The van der Waals surface area contributed by atoms with E-state index < -0.39 is 52.6 Å². The number of hydrogen-bond acceptors (Lipinski definition) is 6. The van der Waals surface area contributed by atoms with Crippen molar-refractivity contribution in [2.75, 3.05) is 6.61 Å². The molecule has 0 aromatic heterocycles. The SMILES string of the molecule is O=C(CCCOC(=O)c1cc(I)cc(I)c1I)OC(C(F)(F)F)C(F)(F)S(=O)(=O)O.[Ba+2].[H-].[H-]. The second-order valence-corrected chi connectivity index (χ2v) is 10.4. The zero-order valence-corrected chi connectivity index (χ0v) is 26.6. The smallest absolute Gasteiger partial charge is 1.00 e. The fourth-order valence-corrected chi connectivity index (χ4v) is 4.64. The Balaban J connectivity index is -0.00000300. The van der Waals surface area contributed by atoms with E-state index in [0.717, 1.165) is 7.14 Å². The third-order valence-electron chi connectivity index (χ3n) is 3.17. The van der Waals surface area contributed by atoms with Gasteiger partial charge in [0, 0.05) is 17.1 Å². The summed E-state index contributed by atoms with van der Waals surface area (Å²) >= 11 is 5.88. The van der Waals surface area contributed by atoms with E-state index in [2.05, 4.69) is 4.74 Å². The Morgan fingerprint density at radius 2 is 1.68 bits per heavy atom. The number of rotatable bonds is 8. The average molecular weight is 937 g/mol. The van der Waals surface area contributed by atoms with Crippen LogP contribution in [0.5, 0.6) is 0 Å². The van der Waals surface area contributed by atoms with Crippen LogP contribution in [-0.2, 0) is 24.4 Å². The zero-order chi connectivity index (χ0) is 23.5. The summed E-state index contributed by atoms with van der Waals surface area (Å²) in [5, 5.41) is -5.80. The van der Waals surface area contributed by atoms with E-state index in [1.54, 1.807) is 6.07 Å². The van der Waals surface area contributed by atoms with Crippen LogP contribution in [0.2, 0.25) is 0 Å². The summed E-state index contributed by atoms with van der Waals surface area (Å²) in [6, 6.07) is 3.33. The van der Waals surface area contributed by atoms with E-state index in [9.17, 15) is 40.0 Å². The van der Waals surface area contributed by atoms with Crippen LogP contribution in [0.1, 0.15) is 26.1 Å². The van der Waals surface area contributed by atoms with Gasteiger partial charge in [-0.25, -0.2) is 4.79 Å². The van der Waals surface area contributed by atoms with Crippen molar-refractivity contribution in [3.63, 3.8) is 0 Å². The van der Waals surface area contributed by atoms with Gasteiger partial charge in [-0.3, -0.25) is 9.35 Å². The van der Waals surface area contributed by atoms with Crippen LogP contribution >= 0.6 is 67.8 Å². The van der Waals surface area contributed by atoms with E-state index in [4.69, 9.17) is 9.29 Å². The molecule has 1 aromatic carbocycles. The van der Waals surface area contributed by atoms with Crippen LogP contribution in [-0.4, -0.2) is 97.9 Å².